The van der Waals surface area contributed by atoms with E-state index in [4.69, 9.17) is 14.6 Å². The van der Waals surface area contributed by atoms with Crippen LogP contribution < -0.4 is 5.32 Å². The summed E-state index contributed by atoms with van der Waals surface area (Å²) in [5, 5.41) is 11.0. The van der Waals surface area contributed by atoms with Crippen molar-refractivity contribution in [3.63, 3.8) is 0 Å². The van der Waals surface area contributed by atoms with Crippen LogP contribution in [0.3, 0.4) is 0 Å². The van der Waals surface area contributed by atoms with E-state index in [1.807, 2.05) is 0 Å². The van der Waals surface area contributed by atoms with Crippen LogP contribution in [0.15, 0.2) is 0 Å². The smallest absolute Gasteiger partial charge is 0.347 e. The summed E-state index contributed by atoms with van der Waals surface area (Å²) in [4.78, 5) is 34.2. The fourth-order valence-corrected chi connectivity index (χ4v) is 1.54. The Morgan fingerprint density at radius 1 is 1.30 bits per heavy atom. The van der Waals surface area contributed by atoms with E-state index in [1.165, 1.54) is 13.8 Å². The van der Waals surface area contributed by atoms with Crippen molar-refractivity contribution in [2.24, 2.45) is 0 Å². The number of aliphatic hydroxyl groups excluding tert-OH is 1. The van der Waals surface area contributed by atoms with Crippen molar-refractivity contribution in [3.8, 4) is 0 Å². The fraction of sp³-hybridized carbons (Fsp3) is 0.750. The lowest BCUT2D eigenvalue weighted by Gasteiger charge is -2.18. The van der Waals surface area contributed by atoms with Crippen LogP contribution in [0.1, 0.15) is 26.7 Å². The zero-order valence-corrected chi connectivity index (χ0v) is 12.5. The number of carbonyl (C=O) groups excluding carboxylic acids is 3. The van der Waals surface area contributed by atoms with Crippen LogP contribution in [-0.2, 0) is 23.9 Å². The topological polar surface area (TPSA) is 102 Å². The lowest BCUT2D eigenvalue weighted by atomic mass is 10.2. The minimum atomic E-state index is -1.07. The molecule has 0 aliphatic rings. The summed E-state index contributed by atoms with van der Waals surface area (Å²) < 4.78 is 9.72. The van der Waals surface area contributed by atoms with Crippen LogP contribution in [0.5, 0.6) is 0 Å². The Kier molecular flexibility index (Phi) is 9.83. The predicted octanol–water partition coefficient (Wildman–Crippen LogP) is -0.332. The lowest BCUT2D eigenvalue weighted by molar-refractivity contribution is -0.168. The highest BCUT2D eigenvalue weighted by Crippen LogP contribution is 2.03. The molecule has 0 heterocycles. The first-order valence-corrected chi connectivity index (χ1v) is 6.91. The molecular weight excluding hydrogens is 286 g/mol. The van der Waals surface area contributed by atoms with Gasteiger partial charge < -0.3 is 19.9 Å². The molecule has 0 saturated carbocycles. The summed E-state index contributed by atoms with van der Waals surface area (Å²) in [7, 11) is 0. The normalized spacial score (nSPS) is 13.2. The summed E-state index contributed by atoms with van der Waals surface area (Å²) >= 11 is 3.99. The maximum absolute atomic E-state index is 11.8. The summed E-state index contributed by atoms with van der Waals surface area (Å²) in [5.74, 6) is -1.39. The average molecular weight is 307 g/mol. The zero-order valence-electron chi connectivity index (χ0n) is 11.6. The van der Waals surface area contributed by atoms with Crippen molar-refractivity contribution in [2.45, 2.75) is 38.8 Å². The van der Waals surface area contributed by atoms with Crippen LogP contribution in [-0.4, -0.2) is 54.1 Å². The summed E-state index contributed by atoms with van der Waals surface area (Å²) in [5.41, 5.74) is 0. The quantitative estimate of drug-likeness (QED) is 0.306. The van der Waals surface area contributed by atoms with Crippen molar-refractivity contribution in [1.82, 2.24) is 5.32 Å². The molecule has 116 valence electrons. The third kappa shape index (κ3) is 8.00. The highest BCUT2D eigenvalue weighted by atomic mass is 32.1. The van der Waals surface area contributed by atoms with Crippen molar-refractivity contribution in [1.29, 1.82) is 0 Å². The monoisotopic (exact) mass is 307 g/mol. The number of hydrogen-bond donors (Lipinski definition) is 3. The third-order valence-corrected chi connectivity index (χ3v) is 2.51. The number of aliphatic hydroxyl groups is 1. The molecule has 8 heteroatoms. The minimum absolute atomic E-state index is 0.0585. The second-order valence-corrected chi connectivity index (χ2v) is 4.54. The van der Waals surface area contributed by atoms with E-state index in [1.54, 1.807) is 0 Å². The molecule has 0 bridgehead atoms. The molecule has 1 amide bonds. The highest BCUT2D eigenvalue weighted by molar-refractivity contribution is 7.80. The van der Waals surface area contributed by atoms with Crippen LogP contribution in [0.2, 0.25) is 0 Å². The van der Waals surface area contributed by atoms with Gasteiger partial charge in [0, 0.05) is 20.0 Å². The average Bonchev–Trinajstić information content (AvgIpc) is 2.37. The Morgan fingerprint density at radius 3 is 2.45 bits per heavy atom. The van der Waals surface area contributed by atoms with Crippen molar-refractivity contribution < 1.29 is 29.0 Å². The number of hydrogen-bond acceptors (Lipinski definition) is 7. The summed E-state index contributed by atoms with van der Waals surface area (Å²) in [6.07, 6.45) is -0.452. The number of thiol groups is 1. The first-order valence-electron chi connectivity index (χ1n) is 6.28. The molecule has 0 aromatic rings. The Bertz CT molecular complexity index is 336. The number of carbonyl (C=O) groups is 3. The van der Waals surface area contributed by atoms with Gasteiger partial charge in [-0.2, -0.15) is 12.6 Å². The molecule has 0 fully saturated rings. The molecule has 0 aromatic carbocycles. The van der Waals surface area contributed by atoms with Gasteiger partial charge in [-0.15, -0.1) is 0 Å². The number of amides is 1. The SMILES string of the molecule is CC(=O)NC(CCS)C(=O)OC(C)C(=O)OCCCO. The fourth-order valence-electron chi connectivity index (χ4n) is 1.28. The number of esters is 2. The van der Waals surface area contributed by atoms with Crippen LogP contribution in [0, 0.1) is 0 Å². The van der Waals surface area contributed by atoms with Crippen molar-refractivity contribution >= 4 is 30.5 Å². The number of ether oxygens (including phenoxy) is 2. The van der Waals surface area contributed by atoms with Gasteiger partial charge in [0.05, 0.1) is 6.61 Å². The summed E-state index contributed by atoms with van der Waals surface area (Å²) in [6.45, 7) is 2.63. The van der Waals surface area contributed by atoms with E-state index in [2.05, 4.69) is 17.9 Å². The van der Waals surface area contributed by atoms with Crippen LogP contribution >= 0.6 is 12.6 Å². The lowest BCUT2D eigenvalue weighted by Crippen LogP contribution is -2.43. The minimum Gasteiger partial charge on any atom is -0.463 e. The maximum atomic E-state index is 11.8. The molecule has 0 aliphatic heterocycles. The molecule has 0 rings (SSSR count). The molecule has 0 radical (unpaired) electrons. The molecule has 2 atom stereocenters. The van der Waals surface area contributed by atoms with E-state index >= 15 is 0 Å². The maximum Gasteiger partial charge on any atom is 0.347 e. The number of nitrogens with one attached hydrogen (secondary N) is 1. The zero-order chi connectivity index (χ0) is 15.5. The van der Waals surface area contributed by atoms with Crippen molar-refractivity contribution in [2.75, 3.05) is 19.0 Å². The Morgan fingerprint density at radius 2 is 1.95 bits per heavy atom. The first kappa shape index (κ1) is 18.7. The van der Waals surface area contributed by atoms with E-state index in [9.17, 15) is 14.4 Å². The third-order valence-electron chi connectivity index (χ3n) is 2.25. The second-order valence-electron chi connectivity index (χ2n) is 4.09. The van der Waals surface area contributed by atoms with E-state index < -0.39 is 24.1 Å². The largest absolute Gasteiger partial charge is 0.463 e. The highest BCUT2D eigenvalue weighted by Gasteiger charge is 2.25. The van der Waals surface area contributed by atoms with Gasteiger partial charge in [0.2, 0.25) is 5.91 Å². The van der Waals surface area contributed by atoms with Gasteiger partial charge in [-0.05, 0) is 19.1 Å². The van der Waals surface area contributed by atoms with Gasteiger partial charge in [0.15, 0.2) is 6.10 Å². The van der Waals surface area contributed by atoms with Crippen molar-refractivity contribution in [3.05, 3.63) is 0 Å². The molecule has 7 nitrogen and oxygen atoms in total. The number of rotatable bonds is 9. The van der Waals surface area contributed by atoms with Crippen LogP contribution in [0.25, 0.3) is 0 Å². The molecule has 0 saturated heterocycles. The van der Waals surface area contributed by atoms with Gasteiger partial charge in [-0.1, -0.05) is 0 Å². The Labute approximate surface area is 123 Å². The Balaban J connectivity index is 4.31. The van der Waals surface area contributed by atoms with Gasteiger partial charge in [-0.3, -0.25) is 4.79 Å². The molecule has 2 N–H and O–H groups in total. The van der Waals surface area contributed by atoms with Gasteiger partial charge in [0.1, 0.15) is 6.04 Å². The molecule has 2 unspecified atom stereocenters. The first-order chi connectivity index (χ1) is 9.42. The molecule has 0 spiro atoms. The predicted molar refractivity (Wildman–Crippen MR) is 74.3 cm³/mol. The van der Waals surface area contributed by atoms with E-state index in [-0.39, 0.29) is 19.1 Å². The van der Waals surface area contributed by atoms with E-state index in [0.717, 1.165) is 0 Å². The molecular formula is C12H21NO6S. The van der Waals surface area contributed by atoms with Crippen LogP contribution in [0.4, 0.5) is 0 Å². The molecule has 0 aromatic heterocycles. The van der Waals surface area contributed by atoms with Gasteiger partial charge >= 0.3 is 11.9 Å². The molecule has 0 aliphatic carbocycles. The van der Waals surface area contributed by atoms with Gasteiger partial charge in [-0.25, -0.2) is 9.59 Å². The second kappa shape index (κ2) is 10.5. The standard InChI is InChI=1S/C12H21NO6S/c1-8(11(16)18-6-3-5-14)19-12(17)10(4-7-20)13-9(2)15/h8,10,14,20H,3-7H2,1-2H3,(H,13,15). The summed E-state index contributed by atoms with van der Waals surface area (Å²) in [6, 6.07) is -0.835. The Hall–Kier alpha value is -1.28. The molecule has 20 heavy (non-hydrogen) atoms. The van der Waals surface area contributed by atoms with Gasteiger partial charge in [0.25, 0.3) is 0 Å². The van der Waals surface area contributed by atoms with E-state index in [0.29, 0.717) is 18.6 Å².